The highest BCUT2D eigenvalue weighted by Crippen LogP contribution is 2.21. The number of hydrogen-bond donors (Lipinski definition) is 0. The molecule has 0 atom stereocenters. The second-order valence-electron chi connectivity index (χ2n) is 2.79. The summed E-state index contributed by atoms with van der Waals surface area (Å²) in [4.78, 5) is 0. The summed E-state index contributed by atoms with van der Waals surface area (Å²) in [5.74, 6) is 0.370. The zero-order chi connectivity index (χ0) is 12.9. The van der Waals surface area contributed by atoms with Crippen LogP contribution in [0.2, 0.25) is 5.02 Å². The van der Waals surface area contributed by atoms with Crippen molar-refractivity contribution in [2.75, 3.05) is 0 Å². The molecule has 0 saturated heterocycles. The fourth-order valence-corrected chi connectivity index (χ4v) is 1.76. The summed E-state index contributed by atoms with van der Waals surface area (Å²) in [6, 6.07) is 6.83. The number of halogens is 5. The molecule has 0 amide bonds. The molecule has 1 aromatic rings. The molecule has 0 aliphatic heterocycles. The third kappa shape index (κ3) is 6.65. The lowest BCUT2D eigenvalue weighted by Crippen LogP contribution is -2.15. The topological polar surface area (TPSA) is 21.6 Å². The standard InChI is InChI=1S/C9H6Cl2F3NOS/c10-7-3-1-6(2-4-7)5-17-15-8(11)16-9(12,13)14/h1-4H,5H2/b15-8-. The van der Waals surface area contributed by atoms with Crippen molar-refractivity contribution >= 4 is 40.5 Å². The van der Waals surface area contributed by atoms with Gasteiger partial charge in [0.1, 0.15) is 0 Å². The van der Waals surface area contributed by atoms with Gasteiger partial charge in [-0.3, -0.25) is 0 Å². The van der Waals surface area contributed by atoms with Crippen molar-refractivity contribution < 1.29 is 17.9 Å². The molecule has 0 radical (unpaired) electrons. The van der Waals surface area contributed by atoms with Crippen LogP contribution in [0.3, 0.4) is 0 Å². The molecule has 2 nitrogen and oxygen atoms in total. The molecule has 0 unspecified atom stereocenters. The van der Waals surface area contributed by atoms with Crippen LogP contribution in [0.25, 0.3) is 0 Å². The molecule has 0 bridgehead atoms. The van der Waals surface area contributed by atoms with Gasteiger partial charge in [-0.05, 0) is 41.2 Å². The first-order valence-corrected chi connectivity index (χ1v) is 5.92. The molecule has 0 aromatic heterocycles. The Morgan fingerprint density at radius 3 is 2.41 bits per heavy atom. The van der Waals surface area contributed by atoms with Crippen LogP contribution in [-0.4, -0.2) is 11.7 Å². The summed E-state index contributed by atoms with van der Waals surface area (Å²) in [6.07, 6.45) is -4.82. The highest BCUT2D eigenvalue weighted by Gasteiger charge is 2.32. The Morgan fingerprint density at radius 2 is 1.88 bits per heavy atom. The van der Waals surface area contributed by atoms with Gasteiger partial charge in [0, 0.05) is 10.8 Å². The van der Waals surface area contributed by atoms with E-state index in [2.05, 4.69) is 9.13 Å². The van der Waals surface area contributed by atoms with Crippen LogP contribution >= 0.6 is 35.1 Å². The van der Waals surface area contributed by atoms with Gasteiger partial charge in [0.15, 0.2) is 0 Å². The molecule has 8 heteroatoms. The maximum Gasteiger partial charge on any atom is 0.574 e. The highest BCUT2D eigenvalue weighted by atomic mass is 35.5. The van der Waals surface area contributed by atoms with Crippen LogP contribution in [0.15, 0.2) is 28.7 Å². The fourth-order valence-electron chi connectivity index (χ4n) is 0.852. The summed E-state index contributed by atoms with van der Waals surface area (Å²) in [6.45, 7) is 0. The van der Waals surface area contributed by atoms with Crippen molar-refractivity contribution in [2.45, 2.75) is 12.1 Å². The minimum atomic E-state index is -4.82. The van der Waals surface area contributed by atoms with E-state index in [1.807, 2.05) is 0 Å². The second-order valence-corrected chi connectivity index (χ2v) is 4.28. The average molecular weight is 304 g/mol. The number of ether oxygens (including phenoxy) is 1. The van der Waals surface area contributed by atoms with Crippen molar-refractivity contribution in [3.05, 3.63) is 34.9 Å². The van der Waals surface area contributed by atoms with Crippen molar-refractivity contribution in [1.29, 1.82) is 0 Å². The number of nitrogens with zero attached hydrogens (tertiary/aromatic N) is 1. The number of rotatable bonds is 3. The molecule has 0 aliphatic carbocycles. The average Bonchev–Trinajstić information content (AvgIpc) is 2.18. The monoisotopic (exact) mass is 303 g/mol. The van der Waals surface area contributed by atoms with Gasteiger partial charge in [-0.2, -0.15) is 4.40 Å². The minimum Gasteiger partial charge on any atom is -0.376 e. The van der Waals surface area contributed by atoms with E-state index in [1.165, 1.54) is 0 Å². The molecule has 1 aromatic carbocycles. The quantitative estimate of drug-likeness (QED) is 0.462. The summed E-state index contributed by atoms with van der Waals surface area (Å²) in [7, 11) is 0. The lowest BCUT2D eigenvalue weighted by atomic mass is 10.2. The number of alkyl halides is 3. The Labute approximate surface area is 110 Å². The van der Waals surface area contributed by atoms with Crippen molar-refractivity contribution in [3.8, 4) is 0 Å². The first-order valence-electron chi connectivity index (χ1n) is 4.22. The Morgan fingerprint density at radius 1 is 1.29 bits per heavy atom. The molecule has 1 rings (SSSR count). The maximum atomic E-state index is 11.7. The zero-order valence-corrected chi connectivity index (χ0v) is 10.5. The van der Waals surface area contributed by atoms with Gasteiger partial charge in [-0.25, -0.2) is 0 Å². The van der Waals surface area contributed by atoms with E-state index in [4.69, 9.17) is 23.2 Å². The molecule has 17 heavy (non-hydrogen) atoms. The summed E-state index contributed by atoms with van der Waals surface area (Å²) < 4.78 is 41.8. The maximum absolute atomic E-state index is 11.7. The number of hydrogen-bond acceptors (Lipinski definition) is 3. The molecule has 0 N–H and O–H groups in total. The molecule has 0 saturated carbocycles. The predicted octanol–water partition coefficient (Wildman–Crippen LogP) is 4.62. The Bertz CT molecular complexity index is 394. The SMILES string of the molecule is FC(F)(F)O/C(Cl)=N\SCc1ccc(Cl)cc1. The Hall–Kier alpha value is -0.590. The minimum absolute atomic E-state index is 0.370. The Kier molecular flexibility index (Phi) is 5.42. The number of benzene rings is 1. The van der Waals surface area contributed by atoms with Gasteiger partial charge in [-0.1, -0.05) is 23.7 Å². The molecule has 0 fully saturated rings. The second kappa shape index (κ2) is 6.37. The van der Waals surface area contributed by atoms with Crippen molar-refractivity contribution in [2.24, 2.45) is 4.40 Å². The van der Waals surface area contributed by atoms with Crippen LogP contribution in [0.5, 0.6) is 0 Å². The van der Waals surface area contributed by atoms with Crippen LogP contribution in [0, 0.1) is 0 Å². The lowest BCUT2D eigenvalue weighted by Gasteiger charge is -2.05. The fraction of sp³-hybridized carbons (Fsp3) is 0.222. The first kappa shape index (κ1) is 14.5. The normalized spacial score (nSPS) is 12.6. The van der Waals surface area contributed by atoms with Crippen LogP contribution < -0.4 is 0 Å². The molecular formula is C9H6Cl2F3NOS. The molecule has 94 valence electrons. The van der Waals surface area contributed by atoms with Crippen molar-refractivity contribution in [1.82, 2.24) is 0 Å². The molecule has 0 spiro atoms. The summed E-state index contributed by atoms with van der Waals surface area (Å²) in [5, 5.41) is -0.364. The van der Waals surface area contributed by atoms with Gasteiger partial charge < -0.3 is 4.74 Å². The highest BCUT2D eigenvalue weighted by molar-refractivity contribution is 7.97. The van der Waals surface area contributed by atoms with E-state index in [-0.39, 0.29) is 0 Å². The summed E-state index contributed by atoms with van der Waals surface area (Å²) >= 11 is 11.6. The summed E-state index contributed by atoms with van der Waals surface area (Å²) in [5.41, 5.74) is 0.861. The Balaban J connectivity index is 2.41. The third-order valence-electron chi connectivity index (χ3n) is 1.48. The molecular weight excluding hydrogens is 298 g/mol. The van der Waals surface area contributed by atoms with Gasteiger partial charge in [0.05, 0.1) is 0 Å². The van der Waals surface area contributed by atoms with E-state index in [1.54, 1.807) is 24.3 Å². The smallest absolute Gasteiger partial charge is 0.376 e. The molecule has 0 aliphatic rings. The van der Waals surface area contributed by atoms with Gasteiger partial charge in [0.2, 0.25) is 0 Å². The van der Waals surface area contributed by atoms with Gasteiger partial charge in [-0.15, -0.1) is 13.2 Å². The molecule has 0 heterocycles. The van der Waals surface area contributed by atoms with Gasteiger partial charge in [0.25, 0.3) is 0 Å². The van der Waals surface area contributed by atoms with Gasteiger partial charge >= 0.3 is 11.7 Å². The third-order valence-corrected chi connectivity index (χ3v) is 2.75. The van der Waals surface area contributed by atoms with E-state index in [0.29, 0.717) is 10.8 Å². The largest absolute Gasteiger partial charge is 0.574 e. The van der Waals surface area contributed by atoms with Crippen LogP contribution in [0.4, 0.5) is 13.2 Å². The predicted molar refractivity (Wildman–Crippen MR) is 63.2 cm³/mol. The lowest BCUT2D eigenvalue weighted by molar-refractivity contribution is -0.281. The van der Waals surface area contributed by atoms with E-state index < -0.39 is 11.7 Å². The van der Waals surface area contributed by atoms with E-state index in [9.17, 15) is 13.2 Å². The van der Waals surface area contributed by atoms with E-state index in [0.717, 1.165) is 17.5 Å². The van der Waals surface area contributed by atoms with E-state index >= 15 is 0 Å². The zero-order valence-electron chi connectivity index (χ0n) is 8.17. The van der Waals surface area contributed by atoms with Crippen LogP contribution in [0.1, 0.15) is 5.56 Å². The first-order chi connectivity index (χ1) is 7.87. The van der Waals surface area contributed by atoms with Crippen molar-refractivity contribution in [3.63, 3.8) is 0 Å². The van der Waals surface area contributed by atoms with Crippen LogP contribution in [-0.2, 0) is 10.5 Å².